The number of hydrogen-bond acceptors (Lipinski definition) is 4. The van der Waals surface area contributed by atoms with Gasteiger partial charge in [-0.2, -0.15) is 0 Å². The van der Waals surface area contributed by atoms with Crippen LogP contribution in [-0.4, -0.2) is 34.7 Å². The molecule has 1 N–H and O–H groups in total. The molecule has 0 saturated carbocycles. The third-order valence-electron chi connectivity index (χ3n) is 5.24. The molecular formula is C23H24FN3O4. The number of nitrogens with zero attached hydrogens (tertiary/aromatic N) is 2. The van der Waals surface area contributed by atoms with E-state index in [0.29, 0.717) is 6.42 Å². The molecule has 7 nitrogen and oxygen atoms in total. The minimum absolute atomic E-state index is 0.0155. The highest BCUT2D eigenvalue weighted by atomic mass is 19.1. The van der Waals surface area contributed by atoms with Crippen molar-refractivity contribution >= 4 is 29.3 Å². The number of rotatable bonds is 6. The number of imide groups is 1. The van der Waals surface area contributed by atoms with E-state index in [4.69, 9.17) is 0 Å². The number of anilines is 1. The first-order valence-corrected chi connectivity index (χ1v) is 10.1. The minimum atomic E-state index is -1.17. The van der Waals surface area contributed by atoms with Crippen LogP contribution in [0, 0.1) is 11.7 Å². The van der Waals surface area contributed by atoms with E-state index in [2.05, 4.69) is 5.43 Å². The maximum Gasteiger partial charge on any atom is 0.259 e. The van der Waals surface area contributed by atoms with Gasteiger partial charge in [-0.3, -0.25) is 24.6 Å². The SMILES string of the molecule is CCC(C)C(=O)N(NC(=O)Cc1ccccc1)C1CC(=O)N(c2ccc(F)cc2)C1=O. The van der Waals surface area contributed by atoms with Gasteiger partial charge in [0.15, 0.2) is 0 Å². The fourth-order valence-electron chi connectivity index (χ4n) is 3.33. The third kappa shape index (κ3) is 4.96. The molecule has 1 aliphatic heterocycles. The monoisotopic (exact) mass is 425 g/mol. The molecular weight excluding hydrogens is 401 g/mol. The highest BCUT2D eigenvalue weighted by Crippen LogP contribution is 2.26. The molecule has 1 heterocycles. The van der Waals surface area contributed by atoms with Crippen LogP contribution < -0.4 is 10.3 Å². The van der Waals surface area contributed by atoms with Gasteiger partial charge in [-0.05, 0) is 36.2 Å². The molecule has 0 spiro atoms. The van der Waals surface area contributed by atoms with Crippen molar-refractivity contribution in [2.75, 3.05) is 4.90 Å². The van der Waals surface area contributed by atoms with E-state index in [0.717, 1.165) is 27.6 Å². The van der Waals surface area contributed by atoms with Gasteiger partial charge in [0.2, 0.25) is 17.7 Å². The predicted molar refractivity (Wildman–Crippen MR) is 112 cm³/mol. The van der Waals surface area contributed by atoms with Crippen molar-refractivity contribution in [3.05, 3.63) is 66.0 Å². The average molecular weight is 425 g/mol. The summed E-state index contributed by atoms with van der Waals surface area (Å²) < 4.78 is 13.2. The summed E-state index contributed by atoms with van der Waals surface area (Å²) in [7, 11) is 0. The average Bonchev–Trinajstić information content (AvgIpc) is 3.06. The van der Waals surface area contributed by atoms with Gasteiger partial charge in [-0.1, -0.05) is 44.2 Å². The Hall–Kier alpha value is -3.55. The van der Waals surface area contributed by atoms with Gasteiger partial charge < -0.3 is 0 Å². The number of benzene rings is 2. The molecule has 0 aliphatic carbocycles. The van der Waals surface area contributed by atoms with Crippen molar-refractivity contribution < 1.29 is 23.6 Å². The molecule has 8 heteroatoms. The molecule has 2 aromatic carbocycles. The van der Waals surface area contributed by atoms with Gasteiger partial charge >= 0.3 is 0 Å². The zero-order valence-corrected chi connectivity index (χ0v) is 17.4. The summed E-state index contributed by atoms with van der Waals surface area (Å²) in [6.07, 6.45) is 0.242. The number of hydrazine groups is 1. The molecule has 1 aliphatic rings. The van der Waals surface area contributed by atoms with Crippen molar-refractivity contribution in [3.8, 4) is 0 Å². The topological polar surface area (TPSA) is 86.8 Å². The van der Waals surface area contributed by atoms with E-state index in [1.54, 1.807) is 31.2 Å². The maximum atomic E-state index is 13.2. The lowest BCUT2D eigenvalue weighted by molar-refractivity contribution is -0.150. The van der Waals surface area contributed by atoms with Gasteiger partial charge in [-0.25, -0.2) is 14.3 Å². The summed E-state index contributed by atoms with van der Waals surface area (Å²) in [4.78, 5) is 52.2. The van der Waals surface area contributed by atoms with Crippen molar-refractivity contribution in [3.63, 3.8) is 0 Å². The molecule has 162 valence electrons. The summed E-state index contributed by atoms with van der Waals surface area (Å²) in [5.74, 6) is -3.05. The van der Waals surface area contributed by atoms with Gasteiger partial charge in [0.1, 0.15) is 11.9 Å². The van der Waals surface area contributed by atoms with Crippen LogP contribution in [0.25, 0.3) is 0 Å². The lowest BCUT2D eigenvalue weighted by Crippen LogP contribution is -2.56. The first-order chi connectivity index (χ1) is 14.8. The number of halogens is 1. The first kappa shape index (κ1) is 22.1. The minimum Gasteiger partial charge on any atom is -0.274 e. The molecule has 0 aromatic heterocycles. The van der Waals surface area contributed by atoms with E-state index in [-0.39, 0.29) is 18.5 Å². The summed E-state index contributed by atoms with van der Waals surface area (Å²) >= 11 is 0. The number of carbonyl (C=O) groups is 4. The van der Waals surface area contributed by atoms with Crippen LogP contribution in [-0.2, 0) is 25.6 Å². The molecule has 31 heavy (non-hydrogen) atoms. The second kappa shape index (κ2) is 9.51. The molecule has 3 rings (SSSR count). The Bertz CT molecular complexity index is 978. The van der Waals surface area contributed by atoms with E-state index >= 15 is 0 Å². The molecule has 1 fully saturated rings. The highest BCUT2D eigenvalue weighted by Gasteiger charge is 2.45. The summed E-state index contributed by atoms with van der Waals surface area (Å²) in [5, 5.41) is 0.989. The van der Waals surface area contributed by atoms with Gasteiger partial charge in [0, 0.05) is 5.92 Å². The van der Waals surface area contributed by atoms with Crippen molar-refractivity contribution in [2.45, 2.75) is 39.2 Å². The van der Waals surface area contributed by atoms with Crippen LogP contribution in [0.3, 0.4) is 0 Å². The zero-order valence-electron chi connectivity index (χ0n) is 17.4. The Labute approximate surface area is 179 Å². The summed E-state index contributed by atoms with van der Waals surface area (Å²) in [6, 6.07) is 12.7. The van der Waals surface area contributed by atoms with Crippen LogP contribution in [0.5, 0.6) is 0 Å². The largest absolute Gasteiger partial charge is 0.274 e. The number of hydrogen-bond donors (Lipinski definition) is 1. The van der Waals surface area contributed by atoms with E-state index in [1.165, 1.54) is 12.1 Å². The fourth-order valence-corrected chi connectivity index (χ4v) is 3.33. The number of amides is 4. The Morgan fingerprint density at radius 2 is 1.77 bits per heavy atom. The van der Waals surface area contributed by atoms with Crippen LogP contribution >= 0.6 is 0 Å². The van der Waals surface area contributed by atoms with Gasteiger partial charge in [0.05, 0.1) is 18.5 Å². The Balaban J connectivity index is 1.84. The standard InChI is InChI=1S/C23H24FN3O4/c1-3-15(2)22(30)27(25-20(28)13-16-7-5-4-6-8-16)19-14-21(29)26(23(19)31)18-11-9-17(24)10-12-18/h4-12,15,19H,3,13-14H2,1-2H3,(H,25,28). The second-order valence-corrected chi connectivity index (χ2v) is 7.48. The van der Waals surface area contributed by atoms with E-state index in [9.17, 15) is 23.6 Å². The molecule has 2 unspecified atom stereocenters. The Kier molecular flexibility index (Phi) is 6.79. The van der Waals surface area contributed by atoms with Gasteiger partial charge in [-0.15, -0.1) is 0 Å². The quantitative estimate of drug-likeness (QED) is 0.569. The molecule has 0 radical (unpaired) electrons. The maximum absolute atomic E-state index is 13.2. The van der Waals surface area contributed by atoms with Crippen LogP contribution in [0.1, 0.15) is 32.3 Å². The predicted octanol–water partition coefficient (Wildman–Crippen LogP) is 2.61. The highest BCUT2D eigenvalue weighted by molar-refractivity contribution is 6.23. The summed E-state index contributed by atoms with van der Waals surface area (Å²) in [6.45, 7) is 3.51. The molecule has 2 atom stereocenters. The van der Waals surface area contributed by atoms with Crippen molar-refractivity contribution in [1.82, 2.24) is 10.4 Å². The lowest BCUT2D eigenvalue weighted by atomic mass is 10.1. The van der Waals surface area contributed by atoms with E-state index in [1.807, 2.05) is 13.0 Å². The normalized spacial score (nSPS) is 16.9. The Morgan fingerprint density at radius 1 is 1.13 bits per heavy atom. The lowest BCUT2D eigenvalue weighted by Gasteiger charge is -2.30. The third-order valence-corrected chi connectivity index (χ3v) is 5.24. The molecule has 2 aromatic rings. The van der Waals surface area contributed by atoms with Gasteiger partial charge in [0.25, 0.3) is 5.91 Å². The first-order valence-electron chi connectivity index (χ1n) is 10.1. The second-order valence-electron chi connectivity index (χ2n) is 7.48. The zero-order chi connectivity index (χ0) is 22.5. The number of carbonyl (C=O) groups excluding carboxylic acids is 4. The molecule has 0 bridgehead atoms. The Morgan fingerprint density at radius 3 is 2.39 bits per heavy atom. The van der Waals surface area contributed by atoms with E-state index < -0.39 is 41.4 Å². The van der Waals surface area contributed by atoms with Crippen molar-refractivity contribution in [2.24, 2.45) is 5.92 Å². The van der Waals surface area contributed by atoms with Crippen LogP contribution in [0.2, 0.25) is 0 Å². The fraction of sp³-hybridized carbons (Fsp3) is 0.304. The number of nitrogens with one attached hydrogen (secondary N) is 1. The van der Waals surface area contributed by atoms with Crippen molar-refractivity contribution in [1.29, 1.82) is 0 Å². The molecule has 4 amide bonds. The molecule has 1 saturated heterocycles. The van der Waals surface area contributed by atoms with Crippen LogP contribution in [0.15, 0.2) is 54.6 Å². The summed E-state index contributed by atoms with van der Waals surface area (Å²) in [5.41, 5.74) is 3.50. The van der Waals surface area contributed by atoms with Crippen LogP contribution in [0.4, 0.5) is 10.1 Å². The smallest absolute Gasteiger partial charge is 0.259 e.